The Kier molecular flexibility index (Phi) is 8.81. The van der Waals surface area contributed by atoms with E-state index in [9.17, 15) is 18.0 Å². The van der Waals surface area contributed by atoms with Gasteiger partial charge in [-0.1, -0.05) is 31.4 Å². The van der Waals surface area contributed by atoms with Crippen LogP contribution in [0, 0.1) is 12.8 Å². The molecule has 2 aliphatic rings. The SMILES string of the molecule is CCS(=O)(=O)CCC(=O)Nc1cc(Cl)cc(CN2CCN(C(=O)C3CCCC3)C(C)C2)c1C. The summed E-state index contributed by atoms with van der Waals surface area (Å²) in [6.07, 6.45) is 4.28. The third kappa shape index (κ3) is 6.93. The molecule has 0 spiro atoms. The fourth-order valence-corrected chi connectivity index (χ4v) is 5.81. The Bertz CT molecular complexity index is 976. The summed E-state index contributed by atoms with van der Waals surface area (Å²) in [7, 11) is -3.20. The first kappa shape index (κ1) is 26.0. The van der Waals surface area contributed by atoms with Gasteiger partial charge in [0.05, 0.1) is 5.75 Å². The molecule has 9 heteroatoms. The van der Waals surface area contributed by atoms with Gasteiger partial charge < -0.3 is 10.2 Å². The van der Waals surface area contributed by atoms with Crippen molar-refractivity contribution in [1.82, 2.24) is 9.80 Å². The highest BCUT2D eigenvalue weighted by Crippen LogP contribution is 2.29. The minimum Gasteiger partial charge on any atom is -0.337 e. The van der Waals surface area contributed by atoms with Gasteiger partial charge >= 0.3 is 0 Å². The maximum atomic E-state index is 12.9. The predicted molar refractivity (Wildman–Crippen MR) is 132 cm³/mol. The van der Waals surface area contributed by atoms with E-state index in [0.717, 1.165) is 56.4 Å². The van der Waals surface area contributed by atoms with Crippen LogP contribution < -0.4 is 5.32 Å². The van der Waals surface area contributed by atoms with Gasteiger partial charge in [-0.2, -0.15) is 0 Å². The van der Waals surface area contributed by atoms with Crippen molar-refractivity contribution in [3.05, 3.63) is 28.3 Å². The Hall–Kier alpha value is -1.64. The van der Waals surface area contributed by atoms with Crippen molar-refractivity contribution in [2.45, 2.75) is 65.5 Å². The number of hydrogen-bond donors (Lipinski definition) is 1. The Morgan fingerprint density at radius 2 is 1.88 bits per heavy atom. The van der Waals surface area contributed by atoms with Crippen molar-refractivity contribution in [2.24, 2.45) is 5.92 Å². The fraction of sp³-hybridized carbons (Fsp3) is 0.667. The summed E-state index contributed by atoms with van der Waals surface area (Å²) in [4.78, 5) is 29.6. The number of nitrogens with zero attached hydrogens (tertiary/aromatic N) is 2. The number of halogens is 1. The zero-order valence-electron chi connectivity index (χ0n) is 19.9. The van der Waals surface area contributed by atoms with E-state index in [1.54, 1.807) is 13.0 Å². The number of hydrogen-bond acceptors (Lipinski definition) is 5. The lowest BCUT2D eigenvalue weighted by molar-refractivity contribution is -0.140. The molecule has 1 saturated heterocycles. The summed E-state index contributed by atoms with van der Waals surface area (Å²) in [6, 6.07) is 3.77. The van der Waals surface area contributed by atoms with Crippen molar-refractivity contribution in [3.63, 3.8) is 0 Å². The quantitative estimate of drug-likeness (QED) is 0.592. The highest BCUT2D eigenvalue weighted by atomic mass is 35.5. The van der Waals surface area contributed by atoms with Crippen LogP contribution in [-0.2, 0) is 26.0 Å². The second-order valence-electron chi connectivity index (χ2n) is 9.37. The van der Waals surface area contributed by atoms with Crippen LogP contribution in [0.1, 0.15) is 57.1 Å². The second kappa shape index (κ2) is 11.2. The number of rotatable bonds is 8. The molecule has 33 heavy (non-hydrogen) atoms. The Morgan fingerprint density at radius 1 is 1.18 bits per heavy atom. The van der Waals surface area contributed by atoms with E-state index in [1.165, 1.54) is 0 Å². The van der Waals surface area contributed by atoms with Crippen LogP contribution in [0.3, 0.4) is 0 Å². The van der Waals surface area contributed by atoms with E-state index < -0.39 is 9.84 Å². The molecule has 1 unspecified atom stereocenters. The Labute approximate surface area is 202 Å². The van der Waals surface area contributed by atoms with Crippen LogP contribution in [0.15, 0.2) is 12.1 Å². The molecule has 0 bridgehead atoms. The van der Waals surface area contributed by atoms with Crippen LogP contribution in [0.4, 0.5) is 5.69 Å². The van der Waals surface area contributed by atoms with E-state index in [2.05, 4.69) is 17.1 Å². The monoisotopic (exact) mass is 497 g/mol. The van der Waals surface area contributed by atoms with Crippen LogP contribution in [0.25, 0.3) is 0 Å². The van der Waals surface area contributed by atoms with Crippen molar-refractivity contribution in [2.75, 3.05) is 36.5 Å². The van der Waals surface area contributed by atoms with Gasteiger partial charge in [-0.15, -0.1) is 0 Å². The lowest BCUT2D eigenvalue weighted by atomic mass is 10.0. The van der Waals surface area contributed by atoms with Gasteiger partial charge in [0.1, 0.15) is 0 Å². The molecule has 2 fully saturated rings. The van der Waals surface area contributed by atoms with Crippen molar-refractivity contribution < 1.29 is 18.0 Å². The molecule has 3 rings (SSSR count). The van der Waals surface area contributed by atoms with Crippen LogP contribution in [0.2, 0.25) is 5.02 Å². The maximum absolute atomic E-state index is 12.9. The smallest absolute Gasteiger partial charge is 0.226 e. The molecule has 1 aromatic carbocycles. The summed E-state index contributed by atoms with van der Waals surface area (Å²) in [5.74, 6) is 0.0413. The maximum Gasteiger partial charge on any atom is 0.226 e. The summed E-state index contributed by atoms with van der Waals surface area (Å²) in [5, 5.41) is 3.35. The first-order chi connectivity index (χ1) is 15.6. The van der Waals surface area contributed by atoms with Gasteiger partial charge in [0, 0.05) is 61.0 Å². The summed E-state index contributed by atoms with van der Waals surface area (Å²) >= 11 is 6.34. The lowest BCUT2D eigenvalue weighted by Crippen LogP contribution is -2.54. The molecular formula is C24H36ClN3O4S. The minimum atomic E-state index is -3.20. The number of sulfone groups is 1. The standard InChI is InChI=1S/C24H36ClN3O4S/c1-4-33(31,32)12-9-23(29)26-22-14-21(25)13-20(18(22)3)16-27-10-11-28(17(2)15-27)24(30)19-7-5-6-8-19/h13-14,17,19H,4-12,15-16H2,1-3H3,(H,26,29). The van der Waals surface area contributed by atoms with Crippen molar-refractivity contribution in [3.8, 4) is 0 Å². The lowest BCUT2D eigenvalue weighted by Gasteiger charge is -2.41. The summed E-state index contributed by atoms with van der Waals surface area (Å²) in [5.41, 5.74) is 2.55. The van der Waals surface area contributed by atoms with Gasteiger partial charge in [0.2, 0.25) is 11.8 Å². The number of nitrogens with one attached hydrogen (secondary N) is 1. The molecule has 1 aromatic rings. The van der Waals surface area contributed by atoms with Crippen molar-refractivity contribution in [1.29, 1.82) is 0 Å². The number of anilines is 1. The van der Waals surface area contributed by atoms with Gasteiger partial charge in [-0.25, -0.2) is 8.42 Å². The van der Waals surface area contributed by atoms with Crippen LogP contribution in [0.5, 0.6) is 0 Å². The van der Waals surface area contributed by atoms with Gasteiger partial charge in [-0.05, 0) is 49.9 Å². The zero-order chi connectivity index (χ0) is 24.2. The van der Waals surface area contributed by atoms with Crippen molar-refractivity contribution >= 4 is 38.9 Å². The predicted octanol–water partition coefficient (Wildman–Crippen LogP) is 3.63. The zero-order valence-corrected chi connectivity index (χ0v) is 21.5. The highest BCUT2D eigenvalue weighted by Gasteiger charge is 2.33. The molecule has 1 aliphatic carbocycles. The molecule has 1 N–H and O–H groups in total. The number of carbonyl (C=O) groups excluding carboxylic acids is 2. The second-order valence-corrected chi connectivity index (χ2v) is 12.3. The minimum absolute atomic E-state index is 0.0263. The highest BCUT2D eigenvalue weighted by molar-refractivity contribution is 7.91. The van der Waals surface area contributed by atoms with Crippen LogP contribution in [-0.4, -0.2) is 67.2 Å². The number of carbonyl (C=O) groups is 2. The van der Waals surface area contributed by atoms with Gasteiger partial charge in [0.25, 0.3) is 0 Å². The number of piperazine rings is 1. The van der Waals surface area contributed by atoms with E-state index in [4.69, 9.17) is 11.6 Å². The third-order valence-corrected chi connectivity index (χ3v) is 8.85. The molecule has 0 aromatic heterocycles. The average molecular weight is 498 g/mol. The number of benzene rings is 1. The molecule has 7 nitrogen and oxygen atoms in total. The molecule has 0 radical (unpaired) electrons. The Morgan fingerprint density at radius 3 is 2.52 bits per heavy atom. The molecule has 1 aliphatic heterocycles. The van der Waals surface area contributed by atoms with E-state index in [-0.39, 0.29) is 35.8 Å². The summed E-state index contributed by atoms with van der Waals surface area (Å²) in [6.45, 7) is 8.62. The first-order valence-corrected chi connectivity index (χ1v) is 14.1. The average Bonchev–Trinajstić information content (AvgIpc) is 3.30. The molecule has 1 atom stereocenters. The van der Waals surface area contributed by atoms with Crippen LogP contribution >= 0.6 is 11.6 Å². The molecule has 1 saturated carbocycles. The largest absolute Gasteiger partial charge is 0.337 e. The molecule has 1 heterocycles. The number of amides is 2. The topological polar surface area (TPSA) is 86.8 Å². The molecule has 2 amide bonds. The van der Waals surface area contributed by atoms with E-state index in [0.29, 0.717) is 23.2 Å². The fourth-order valence-electron chi connectivity index (χ4n) is 4.79. The van der Waals surface area contributed by atoms with Gasteiger partial charge in [-0.3, -0.25) is 14.5 Å². The van der Waals surface area contributed by atoms with Gasteiger partial charge in [0.15, 0.2) is 9.84 Å². The molecular weight excluding hydrogens is 462 g/mol. The molecule has 184 valence electrons. The third-order valence-electron chi connectivity index (χ3n) is 6.93. The van der Waals surface area contributed by atoms with E-state index in [1.807, 2.05) is 17.9 Å². The van der Waals surface area contributed by atoms with E-state index >= 15 is 0 Å². The Balaban J connectivity index is 1.61. The normalized spacial score (nSPS) is 20.2. The first-order valence-electron chi connectivity index (χ1n) is 11.9. The summed E-state index contributed by atoms with van der Waals surface area (Å²) < 4.78 is 23.4.